The van der Waals surface area contributed by atoms with Crippen LogP contribution >= 0.6 is 24.0 Å². The fraction of sp³-hybridized carbons (Fsp3) is 0.0286. The van der Waals surface area contributed by atoms with Gasteiger partial charge in [-0.25, -0.2) is 0 Å². The van der Waals surface area contributed by atoms with Crippen LogP contribution in [0.5, 0.6) is 0 Å². The van der Waals surface area contributed by atoms with E-state index in [0.29, 0.717) is 21.9 Å². The van der Waals surface area contributed by atoms with E-state index in [2.05, 4.69) is 16.0 Å². The fourth-order valence-electron chi connectivity index (χ4n) is 4.95. The summed E-state index contributed by atoms with van der Waals surface area (Å²) in [7, 11) is 0. The van der Waals surface area contributed by atoms with Gasteiger partial charge < -0.3 is 16.0 Å². The Hall–Kier alpha value is -5.05. The molecule has 43 heavy (non-hydrogen) atoms. The van der Waals surface area contributed by atoms with E-state index in [9.17, 15) is 14.4 Å². The van der Waals surface area contributed by atoms with Crippen LogP contribution in [0.15, 0.2) is 132 Å². The predicted octanol–water partition coefficient (Wildman–Crippen LogP) is 7.74. The van der Waals surface area contributed by atoms with Crippen LogP contribution in [0.4, 0.5) is 17.1 Å². The normalized spacial score (nSPS) is 12.5. The molecule has 5 aromatic rings. The van der Waals surface area contributed by atoms with Gasteiger partial charge in [0, 0.05) is 33.0 Å². The Labute approximate surface area is 258 Å². The quantitative estimate of drug-likeness (QED) is 0.128. The minimum atomic E-state index is -0.650. The molecule has 1 aliphatic carbocycles. The molecule has 3 N–H and O–H groups in total. The van der Waals surface area contributed by atoms with E-state index in [4.69, 9.17) is 12.2 Å². The maximum absolute atomic E-state index is 13.9. The van der Waals surface area contributed by atoms with Crippen molar-refractivity contribution < 1.29 is 14.4 Å². The molecule has 5 aromatic carbocycles. The van der Waals surface area contributed by atoms with E-state index in [-0.39, 0.29) is 28.6 Å². The van der Waals surface area contributed by atoms with E-state index >= 15 is 0 Å². The monoisotopic (exact) mass is 599 g/mol. The number of benzene rings is 5. The summed E-state index contributed by atoms with van der Waals surface area (Å²) in [4.78, 5) is 41.5. The van der Waals surface area contributed by atoms with Gasteiger partial charge in [0.2, 0.25) is 5.91 Å². The van der Waals surface area contributed by atoms with Crippen LogP contribution in [-0.4, -0.2) is 22.6 Å². The summed E-state index contributed by atoms with van der Waals surface area (Å²) in [5, 5.41) is 9.12. The van der Waals surface area contributed by atoms with Crippen molar-refractivity contribution in [3.05, 3.63) is 155 Å². The van der Waals surface area contributed by atoms with Crippen molar-refractivity contribution in [3.63, 3.8) is 0 Å². The summed E-state index contributed by atoms with van der Waals surface area (Å²) in [5.41, 5.74) is 3.94. The smallest absolute Gasteiger partial charge is 0.242 e. The lowest BCUT2D eigenvalue weighted by molar-refractivity contribution is -0.115. The number of carbonyl (C=O) groups is 3. The Morgan fingerprint density at radius 1 is 0.605 bits per heavy atom. The first-order valence-electron chi connectivity index (χ1n) is 13.5. The number of fused-ring (bicyclic) bond motifs is 2. The molecule has 8 heteroatoms. The lowest BCUT2D eigenvalue weighted by Gasteiger charge is -2.22. The molecule has 0 heterocycles. The number of amides is 1. The van der Waals surface area contributed by atoms with E-state index in [1.54, 1.807) is 42.5 Å². The molecule has 210 valence electrons. The van der Waals surface area contributed by atoms with E-state index < -0.39 is 5.25 Å². The van der Waals surface area contributed by atoms with Crippen molar-refractivity contribution in [2.45, 2.75) is 10.1 Å². The molecule has 0 saturated carbocycles. The van der Waals surface area contributed by atoms with Gasteiger partial charge in [0.05, 0.1) is 11.3 Å². The lowest BCUT2D eigenvalue weighted by atomic mass is 9.83. The molecule has 1 atom stereocenters. The second kappa shape index (κ2) is 12.4. The molecule has 6 rings (SSSR count). The minimum Gasteiger partial charge on any atom is -0.332 e. The minimum absolute atomic E-state index is 0.210. The first-order chi connectivity index (χ1) is 21.0. The number of anilines is 3. The molecule has 1 unspecified atom stereocenters. The Morgan fingerprint density at radius 3 is 1.93 bits per heavy atom. The van der Waals surface area contributed by atoms with Gasteiger partial charge in [-0.3, -0.25) is 14.4 Å². The molecule has 1 amide bonds. The van der Waals surface area contributed by atoms with Crippen molar-refractivity contribution >= 4 is 63.6 Å². The molecule has 0 aromatic heterocycles. The van der Waals surface area contributed by atoms with Gasteiger partial charge in [0.15, 0.2) is 16.7 Å². The van der Waals surface area contributed by atoms with E-state index in [1.165, 1.54) is 11.8 Å². The molecule has 1 aliphatic rings. The molecular weight excluding hydrogens is 575 g/mol. The third-order valence-corrected chi connectivity index (χ3v) is 8.38. The first kappa shape index (κ1) is 28.1. The number of hydrogen-bond donors (Lipinski definition) is 3. The molecular formula is C35H25N3O3S2. The number of thioether (sulfide) groups is 1. The highest BCUT2D eigenvalue weighted by Gasteiger charge is 2.32. The van der Waals surface area contributed by atoms with Gasteiger partial charge in [-0.15, -0.1) is 11.8 Å². The van der Waals surface area contributed by atoms with Crippen molar-refractivity contribution in [1.29, 1.82) is 0 Å². The maximum atomic E-state index is 13.9. The third kappa shape index (κ3) is 6.11. The molecule has 0 radical (unpaired) electrons. The predicted molar refractivity (Wildman–Crippen MR) is 176 cm³/mol. The third-order valence-electron chi connectivity index (χ3n) is 6.93. The maximum Gasteiger partial charge on any atom is 0.242 e. The fourth-order valence-corrected chi connectivity index (χ4v) is 6.27. The number of carbonyl (C=O) groups excluding carboxylic acids is 3. The van der Waals surface area contributed by atoms with Crippen LogP contribution in [0, 0.1) is 0 Å². The number of para-hydroxylation sites is 1. The molecule has 0 saturated heterocycles. The standard InChI is InChI=1S/C35H25N3O3S2/c39-31-26-17-7-8-18-27(26)32(40)30-28(31)19-10-20-29(30)38-34(41)33(22-11-3-1-4-12-22)43-25-16-9-15-24(21-25)37-35(42)36-23-13-5-2-6-14-23/h1-21,33H,(H,38,41)(H2,36,37,42). The zero-order valence-electron chi connectivity index (χ0n) is 22.7. The van der Waals surface area contributed by atoms with Crippen LogP contribution in [0.2, 0.25) is 0 Å². The van der Waals surface area contributed by atoms with Crippen molar-refractivity contribution in [1.82, 2.24) is 0 Å². The van der Waals surface area contributed by atoms with Crippen LogP contribution in [0.1, 0.15) is 42.7 Å². The summed E-state index contributed by atoms with van der Waals surface area (Å²) in [6.45, 7) is 0. The van der Waals surface area contributed by atoms with Gasteiger partial charge in [-0.1, -0.05) is 91.0 Å². The highest BCUT2D eigenvalue weighted by molar-refractivity contribution is 8.00. The highest BCUT2D eigenvalue weighted by Crippen LogP contribution is 2.38. The van der Waals surface area contributed by atoms with Gasteiger partial charge in [-0.05, 0) is 54.2 Å². The Bertz CT molecular complexity index is 1860. The Balaban J connectivity index is 1.25. The van der Waals surface area contributed by atoms with Crippen molar-refractivity contribution in [2.24, 2.45) is 0 Å². The highest BCUT2D eigenvalue weighted by atomic mass is 32.2. The second-order valence-electron chi connectivity index (χ2n) is 9.80. The largest absolute Gasteiger partial charge is 0.332 e. The van der Waals surface area contributed by atoms with Crippen molar-refractivity contribution in [3.8, 4) is 0 Å². The zero-order chi connectivity index (χ0) is 29.8. The average Bonchev–Trinajstić information content (AvgIpc) is 3.03. The lowest BCUT2D eigenvalue weighted by Crippen LogP contribution is -2.25. The van der Waals surface area contributed by atoms with Gasteiger partial charge in [0.1, 0.15) is 5.25 Å². The van der Waals surface area contributed by atoms with Crippen LogP contribution in [0.25, 0.3) is 0 Å². The summed E-state index contributed by atoms with van der Waals surface area (Å²) in [6.07, 6.45) is 0. The molecule has 0 aliphatic heterocycles. The Morgan fingerprint density at radius 2 is 1.19 bits per heavy atom. The zero-order valence-corrected chi connectivity index (χ0v) is 24.4. The van der Waals surface area contributed by atoms with Gasteiger partial charge in [-0.2, -0.15) is 0 Å². The molecule has 0 bridgehead atoms. The number of ketones is 2. The number of rotatable bonds is 7. The SMILES string of the molecule is O=C1c2ccccc2C(=O)c2c(NC(=O)C(Sc3cccc(NC(=S)Nc4ccccc4)c3)c3ccccc3)cccc21. The van der Waals surface area contributed by atoms with Gasteiger partial charge >= 0.3 is 0 Å². The van der Waals surface area contributed by atoms with Crippen LogP contribution in [-0.2, 0) is 4.79 Å². The van der Waals surface area contributed by atoms with E-state index in [1.807, 2.05) is 84.9 Å². The summed E-state index contributed by atoms with van der Waals surface area (Å²) >= 11 is 6.86. The van der Waals surface area contributed by atoms with Gasteiger partial charge in [0.25, 0.3) is 0 Å². The van der Waals surface area contributed by atoms with Crippen LogP contribution in [0.3, 0.4) is 0 Å². The van der Waals surface area contributed by atoms with Crippen LogP contribution < -0.4 is 16.0 Å². The Kier molecular flexibility index (Phi) is 8.13. The number of thiocarbonyl (C=S) groups is 1. The molecule has 0 fully saturated rings. The topological polar surface area (TPSA) is 87.3 Å². The first-order valence-corrected chi connectivity index (χ1v) is 14.8. The second-order valence-corrected chi connectivity index (χ2v) is 11.4. The molecule has 0 spiro atoms. The number of hydrogen-bond acceptors (Lipinski definition) is 5. The summed E-state index contributed by atoms with van der Waals surface area (Å²) in [6, 6.07) is 38.4. The average molecular weight is 600 g/mol. The van der Waals surface area contributed by atoms with E-state index in [0.717, 1.165) is 21.8 Å². The number of nitrogens with one attached hydrogen (secondary N) is 3. The summed E-state index contributed by atoms with van der Waals surface area (Å²) < 4.78 is 0. The molecule has 6 nitrogen and oxygen atoms in total. The van der Waals surface area contributed by atoms with Crippen molar-refractivity contribution in [2.75, 3.05) is 16.0 Å². The summed E-state index contributed by atoms with van der Waals surface area (Å²) in [5.74, 6) is -0.841.